The van der Waals surface area contributed by atoms with Gasteiger partial charge < -0.3 is 20.3 Å². The molecule has 0 spiro atoms. The number of aliphatic hydroxyl groups is 1. The van der Waals surface area contributed by atoms with Crippen LogP contribution in [-0.2, 0) is 9.47 Å². The number of imidazole rings is 1. The van der Waals surface area contributed by atoms with Gasteiger partial charge in [0.15, 0.2) is 17.7 Å². The first-order chi connectivity index (χ1) is 9.13. The van der Waals surface area contributed by atoms with Crippen LogP contribution >= 0.6 is 0 Å². The van der Waals surface area contributed by atoms with Crippen molar-refractivity contribution in [2.75, 3.05) is 12.8 Å². The van der Waals surface area contributed by atoms with Gasteiger partial charge in [0, 0.05) is 7.11 Å². The SMILES string of the molecule is CO[C@H]1C(n2cnc3c(N)ncnc32)OC(C)[C@H]1O. The van der Waals surface area contributed by atoms with Crippen molar-refractivity contribution >= 4 is 17.0 Å². The lowest BCUT2D eigenvalue weighted by Gasteiger charge is -2.19. The Labute approximate surface area is 109 Å². The van der Waals surface area contributed by atoms with Gasteiger partial charge in [0.05, 0.1) is 12.4 Å². The Kier molecular flexibility index (Phi) is 2.85. The number of hydrogen-bond donors (Lipinski definition) is 2. The molecule has 1 aliphatic heterocycles. The molecule has 3 rings (SSSR count). The van der Waals surface area contributed by atoms with E-state index in [1.54, 1.807) is 17.8 Å². The molecule has 0 amide bonds. The predicted octanol–water partition coefficient (Wildman–Crippen LogP) is -0.298. The molecule has 3 heterocycles. The van der Waals surface area contributed by atoms with E-state index in [9.17, 15) is 5.11 Å². The van der Waals surface area contributed by atoms with Crippen LogP contribution in [0.3, 0.4) is 0 Å². The van der Waals surface area contributed by atoms with Gasteiger partial charge in [0.1, 0.15) is 24.1 Å². The fraction of sp³-hybridized carbons (Fsp3) is 0.545. The van der Waals surface area contributed by atoms with E-state index in [1.165, 1.54) is 13.4 Å². The molecule has 2 unspecified atom stereocenters. The van der Waals surface area contributed by atoms with E-state index in [2.05, 4.69) is 15.0 Å². The fourth-order valence-corrected chi connectivity index (χ4v) is 2.35. The molecule has 2 aromatic heterocycles. The number of fused-ring (bicyclic) bond motifs is 1. The van der Waals surface area contributed by atoms with Gasteiger partial charge in [-0.05, 0) is 6.92 Å². The number of aliphatic hydroxyl groups excluding tert-OH is 1. The lowest BCUT2D eigenvalue weighted by atomic mass is 10.1. The highest BCUT2D eigenvalue weighted by Crippen LogP contribution is 2.33. The van der Waals surface area contributed by atoms with Crippen LogP contribution in [0, 0.1) is 0 Å². The molecule has 1 saturated heterocycles. The summed E-state index contributed by atoms with van der Waals surface area (Å²) in [6, 6.07) is 0. The minimum absolute atomic E-state index is 0.310. The third kappa shape index (κ3) is 1.76. The van der Waals surface area contributed by atoms with Crippen LogP contribution < -0.4 is 5.73 Å². The second kappa shape index (κ2) is 4.41. The van der Waals surface area contributed by atoms with Crippen molar-refractivity contribution in [2.24, 2.45) is 0 Å². The first kappa shape index (κ1) is 12.3. The van der Waals surface area contributed by atoms with Gasteiger partial charge >= 0.3 is 0 Å². The number of anilines is 1. The molecule has 2 aromatic rings. The predicted molar refractivity (Wildman–Crippen MR) is 66.1 cm³/mol. The summed E-state index contributed by atoms with van der Waals surface area (Å²) >= 11 is 0. The van der Waals surface area contributed by atoms with Crippen LogP contribution in [0.2, 0.25) is 0 Å². The highest BCUT2D eigenvalue weighted by molar-refractivity contribution is 5.81. The lowest BCUT2D eigenvalue weighted by Crippen LogP contribution is -2.32. The average Bonchev–Trinajstić information content (AvgIpc) is 2.93. The van der Waals surface area contributed by atoms with E-state index in [-0.39, 0.29) is 6.10 Å². The van der Waals surface area contributed by atoms with Gasteiger partial charge in [-0.2, -0.15) is 0 Å². The maximum absolute atomic E-state index is 10.0. The standard InChI is InChI=1S/C11H15N5O3/c1-5-7(17)8(18-2)11(19-5)16-4-15-6-9(12)13-3-14-10(6)16/h3-5,7-8,11,17H,1-2H3,(H2,12,13,14)/t5?,7-,8-,11?/m1/s1. The molecule has 0 aromatic carbocycles. The Hall–Kier alpha value is -1.77. The molecule has 1 fully saturated rings. The summed E-state index contributed by atoms with van der Waals surface area (Å²) in [5, 5.41) is 10.0. The molecule has 8 nitrogen and oxygen atoms in total. The number of rotatable bonds is 2. The second-order valence-corrected chi connectivity index (χ2v) is 4.51. The number of methoxy groups -OCH3 is 1. The highest BCUT2D eigenvalue weighted by Gasteiger charge is 2.43. The van der Waals surface area contributed by atoms with E-state index in [0.29, 0.717) is 17.0 Å². The first-order valence-electron chi connectivity index (χ1n) is 5.93. The molecule has 0 bridgehead atoms. The van der Waals surface area contributed by atoms with Crippen LogP contribution in [0.25, 0.3) is 11.2 Å². The number of nitrogens with zero attached hydrogens (tertiary/aromatic N) is 4. The zero-order valence-corrected chi connectivity index (χ0v) is 10.6. The summed E-state index contributed by atoms with van der Waals surface area (Å²) in [6.45, 7) is 1.79. The van der Waals surface area contributed by atoms with E-state index in [1.807, 2.05) is 0 Å². The smallest absolute Gasteiger partial charge is 0.167 e. The molecule has 3 N–H and O–H groups in total. The summed E-state index contributed by atoms with van der Waals surface area (Å²) in [5.74, 6) is 0.310. The van der Waals surface area contributed by atoms with Crippen LogP contribution in [0.5, 0.6) is 0 Å². The van der Waals surface area contributed by atoms with Crippen LogP contribution in [0.15, 0.2) is 12.7 Å². The zero-order valence-electron chi connectivity index (χ0n) is 10.6. The molecule has 8 heteroatoms. The van der Waals surface area contributed by atoms with E-state index >= 15 is 0 Å². The third-order valence-electron chi connectivity index (χ3n) is 3.39. The second-order valence-electron chi connectivity index (χ2n) is 4.51. The third-order valence-corrected chi connectivity index (χ3v) is 3.39. The summed E-state index contributed by atoms with van der Waals surface area (Å²) < 4.78 is 12.7. The van der Waals surface area contributed by atoms with Gasteiger partial charge in [-0.25, -0.2) is 15.0 Å². The monoisotopic (exact) mass is 265 g/mol. The van der Waals surface area contributed by atoms with Crippen molar-refractivity contribution in [2.45, 2.75) is 31.5 Å². The summed E-state index contributed by atoms with van der Waals surface area (Å²) in [7, 11) is 1.53. The Morgan fingerprint density at radius 3 is 2.95 bits per heavy atom. The van der Waals surface area contributed by atoms with Crippen molar-refractivity contribution in [3.63, 3.8) is 0 Å². The van der Waals surface area contributed by atoms with Gasteiger partial charge in [-0.15, -0.1) is 0 Å². The Morgan fingerprint density at radius 1 is 1.42 bits per heavy atom. The van der Waals surface area contributed by atoms with Gasteiger partial charge in [0.2, 0.25) is 0 Å². The Balaban J connectivity index is 2.07. The van der Waals surface area contributed by atoms with E-state index in [0.717, 1.165) is 0 Å². The number of nitrogens with two attached hydrogens (primary N) is 1. The van der Waals surface area contributed by atoms with Crippen LogP contribution in [0.1, 0.15) is 13.2 Å². The van der Waals surface area contributed by atoms with E-state index in [4.69, 9.17) is 15.2 Å². The molecule has 1 aliphatic rings. The molecule has 0 radical (unpaired) electrons. The normalized spacial score (nSPS) is 31.1. The van der Waals surface area contributed by atoms with Crippen molar-refractivity contribution in [1.82, 2.24) is 19.5 Å². The lowest BCUT2D eigenvalue weighted by molar-refractivity contribution is -0.0472. The quantitative estimate of drug-likeness (QED) is 0.767. The molecule has 19 heavy (non-hydrogen) atoms. The number of nitrogen functional groups attached to an aromatic ring is 1. The maximum atomic E-state index is 10.0. The zero-order chi connectivity index (χ0) is 13.6. The minimum atomic E-state index is -0.702. The topological polar surface area (TPSA) is 108 Å². The fourth-order valence-electron chi connectivity index (χ4n) is 2.35. The van der Waals surface area contributed by atoms with Gasteiger partial charge in [-0.1, -0.05) is 0 Å². The number of aromatic nitrogens is 4. The molecule has 4 atom stereocenters. The minimum Gasteiger partial charge on any atom is -0.388 e. The average molecular weight is 265 g/mol. The molecule has 0 saturated carbocycles. The van der Waals surface area contributed by atoms with Crippen LogP contribution in [-0.4, -0.2) is 50.0 Å². The van der Waals surface area contributed by atoms with E-state index < -0.39 is 18.4 Å². The largest absolute Gasteiger partial charge is 0.388 e. The summed E-state index contributed by atoms with van der Waals surface area (Å²) in [4.78, 5) is 12.2. The molecular formula is C11H15N5O3. The number of ether oxygens (including phenoxy) is 2. The van der Waals surface area contributed by atoms with Crippen molar-refractivity contribution in [3.05, 3.63) is 12.7 Å². The highest BCUT2D eigenvalue weighted by atomic mass is 16.6. The molecule has 0 aliphatic carbocycles. The Bertz CT molecular complexity index is 601. The summed E-state index contributed by atoms with van der Waals surface area (Å²) in [6.07, 6.45) is 0.931. The van der Waals surface area contributed by atoms with Crippen LogP contribution in [0.4, 0.5) is 5.82 Å². The van der Waals surface area contributed by atoms with Crippen molar-refractivity contribution in [3.8, 4) is 0 Å². The Morgan fingerprint density at radius 2 is 2.21 bits per heavy atom. The van der Waals surface area contributed by atoms with Crippen molar-refractivity contribution < 1.29 is 14.6 Å². The molecular weight excluding hydrogens is 250 g/mol. The molecule has 102 valence electrons. The summed E-state index contributed by atoms with van der Waals surface area (Å²) in [5.41, 5.74) is 6.81. The maximum Gasteiger partial charge on any atom is 0.167 e. The van der Waals surface area contributed by atoms with Gasteiger partial charge in [-0.3, -0.25) is 4.57 Å². The number of hydrogen-bond acceptors (Lipinski definition) is 7. The first-order valence-corrected chi connectivity index (χ1v) is 5.93. The van der Waals surface area contributed by atoms with Gasteiger partial charge in [0.25, 0.3) is 0 Å². The van der Waals surface area contributed by atoms with Crippen molar-refractivity contribution in [1.29, 1.82) is 0 Å².